The lowest BCUT2D eigenvalue weighted by Gasteiger charge is -2.07. The highest BCUT2D eigenvalue weighted by Gasteiger charge is 2.04. The number of benzene rings is 1. The number of amides is 1. The van der Waals surface area contributed by atoms with Gasteiger partial charge in [0.15, 0.2) is 11.4 Å². The second kappa shape index (κ2) is 7.05. The Kier molecular flexibility index (Phi) is 5.70. The lowest BCUT2D eigenvalue weighted by Crippen LogP contribution is -2.35. The van der Waals surface area contributed by atoms with Crippen molar-refractivity contribution in [2.45, 2.75) is 26.2 Å². The van der Waals surface area contributed by atoms with Gasteiger partial charge in [0, 0.05) is 0 Å². The van der Waals surface area contributed by atoms with E-state index in [1.54, 1.807) is 6.92 Å². The molecule has 1 amide bonds. The molecule has 0 radical (unpaired) electrons. The van der Waals surface area contributed by atoms with Crippen molar-refractivity contribution >= 4 is 23.2 Å². The molecular formula is C12H16N2O3S. The van der Waals surface area contributed by atoms with Crippen LogP contribution in [0.2, 0.25) is 0 Å². The summed E-state index contributed by atoms with van der Waals surface area (Å²) in [6.45, 7) is 1.88. The number of nitrogens with one attached hydrogen (secondary N) is 1. The summed E-state index contributed by atoms with van der Waals surface area (Å²) in [6.07, 6.45) is -0.574. The number of carbonyl (C=O) groups excluding carboxylic acids is 1. The van der Waals surface area contributed by atoms with E-state index in [2.05, 4.69) is 17.5 Å². The molecule has 0 aliphatic heterocycles. The molecule has 0 aromatic heterocycles. The molecular weight excluding hydrogens is 252 g/mol. The van der Waals surface area contributed by atoms with Crippen molar-refractivity contribution in [1.82, 2.24) is 5.32 Å². The maximum absolute atomic E-state index is 11.4. The molecule has 6 heteroatoms. The number of ether oxygens (including phenoxy) is 1. The first-order valence-electron chi connectivity index (χ1n) is 5.44. The van der Waals surface area contributed by atoms with Gasteiger partial charge in [-0.05, 0) is 30.3 Å². The fourth-order valence-electron chi connectivity index (χ4n) is 1.34. The highest BCUT2D eigenvalue weighted by atomic mass is 32.1. The summed E-state index contributed by atoms with van der Waals surface area (Å²) in [5, 5.41) is 11.3. The highest BCUT2D eigenvalue weighted by molar-refractivity contribution is 7.80. The molecule has 1 unspecified atom stereocenters. The van der Waals surface area contributed by atoms with Gasteiger partial charge < -0.3 is 20.9 Å². The predicted molar refractivity (Wildman–Crippen MR) is 71.5 cm³/mol. The molecule has 0 aliphatic carbocycles. The zero-order valence-corrected chi connectivity index (χ0v) is 10.9. The van der Waals surface area contributed by atoms with Gasteiger partial charge in [-0.3, -0.25) is 4.79 Å². The molecule has 1 rings (SSSR count). The fourth-order valence-corrected chi connectivity index (χ4v) is 1.45. The predicted octanol–water partition coefficient (Wildman–Crippen LogP) is 0.444. The van der Waals surface area contributed by atoms with Gasteiger partial charge in [-0.15, -0.1) is 0 Å². The Labute approximate surface area is 111 Å². The maximum Gasteiger partial charge on any atom is 0.230 e. The van der Waals surface area contributed by atoms with E-state index in [9.17, 15) is 4.79 Å². The average molecular weight is 268 g/mol. The van der Waals surface area contributed by atoms with Crippen molar-refractivity contribution < 1.29 is 14.6 Å². The van der Waals surface area contributed by atoms with Gasteiger partial charge in [-0.2, -0.15) is 0 Å². The topological polar surface area (TPSA) is 84.6 Å². The van der Waals surface area contributed by atoms with E-state index >= 15 is 0 Å². The number of hydrogen-bond acceptors (Lipinski definition) is 4. The first-order valence-corrected chi connectivity index (χ1v) is 5.85. The summed E-state index contributed by atoms with van der Waals surface area (Å²) in [5.74, 6) is -0.240. The minimum atomic E-state index is -0.791. The van der Waals surface area contributed by atoms with Crippen LogP contribution in [-0.2, 0) is 22.6 Å². The van der Waals surface area contributed by atoms with Crippen LogP contribution in [-0.4, -0.2) is 22.4 Å². The van der Waals surface area contributed by atoms with Gasteiger partial charge in [0.05, 0.1) is 13.0 Å². The Morgan fingerprint density at radius 1 is 1.44 bits per heavy atom. The molecule has 0 saturated carbocycles. The fraction of sp³-hybridized carbons (Fsp3) is 0.333. The van der Waals surface area contributed by atoms with Gasteiger partial charge in [0.1, 0.15) is 0 Å². The zero-order valence-electron chi connectivity index (χ0n) is 10.1. The van der Waals surface area contributed by atoms with Gasteiger partial charge in [0.25, 0.3) is 0 Å². The molecule has 18 heavy (non-hydrogen) atoms. The molecule has 4 N–H and O–H groups in total. The van der Waals surface area contributed by atoms with Crippen LogP contribution >= 0.6 is 12.2 Å². The molecule has 0 fully saturated rings. The van der Waals surface area contributed by atoms with Crippen LogP contribution in [0.4, 0.5) is 0 Å². The van der Waals surface area contributed by atoms with Crippen molar-refractivity contribution in [2.24, 2.45) is 5.73 Å². The molecule has 0 saturated heterocycles. The van der Waals surface area contributed by atoms with Gasteiger partial charge in [0.2, 0.25) is 5.91 Å². The van der Waals surface area contributed by atoms with Crippen LogP contribution in [0, 0.1) is 0 Å². The average Bonchev–Trinajstić information content (AvgIpc) is 2.26. The van der Waals surface area contributed by atoms with E-state index in [1.165, 1.54) is 0 Å². The van der Waals surface area contributed by atoms with Crippen LogP contribution in [0.3, 0.4) is 0 Å². The minimum absolute atomic E-state index is 0.0260. The van der Waals surface area contributed by atoms with Crippen molar-refractivity contribution in [3.8, 4) is 0 Å². The lowest BCUT2D eigenvalue weighted by molar-refractivity contribution is -0.119. The molecule has 1 aromatic carbocycles. The Bertz CT molecular complexity index is 418. The van der Waals surface area contributed by atoms with Crippen LogP contribution in [0.5, 0.6) is 0 Å². The summed E-state index contributed by atoms with van der Waals surface area (Å²) >= 11 is 4.57. The van der Waals surface area contributed by atoms with Gasteiger partial charge in [-0.1, -0.05) is 24.3 Å². The Hall–Kier alpha value is -1.50. The third-order valence-corrected chi connectivity index (χ3v) is 2.24. The molecule has 1 aromatic rings. The number of aliphatic hydroxyl groups excluding tert-OH is 1. The Morgan fingerprint density at radius 3 is 2.50 bits per heavy atom. The molecule has 1 atom stereocenters. The zero-order chi connectivity index (χ0) is 13.5. The largest absolute Gasteiger partial charge is 0.376 e. The molecule has 0 aliphatic rings. The summed E-state index contributed by atoms with van der Waals surface area (Å²) in [5.41, 5.74) is 6.98. The van der Waals surface area contributed by atoms with Gasteiger partial charge in [-0.25, -0.2) is 0 Å². The third-order valence-electron chi connectivity index (χ3n) is 2.14. The summed E-state index contributed by atoms with van der Waals surface area (Å²) in [6, 6.07) is 7.32. The third kappa shape index (κ3) is 5.72. The standard InChI is InChI=1S/C12H16N2O3S/c1-8(15)17-7-10-4-2-9(3-5-10)6-11(16)14-12(13)18/h2-5,8,15H,6-7H2,1H3,(H3,13,14,16,18). The number of rotatable bonds is 5. The van der Waals surface area contributed by atoms with E-state index in [0.717, 1.165) is 11.1 Å². The quantitative estimate of drug-likeness (QED) is 0.533. The van der Waals surface area contributed by atoms with E-state index in [4.69, 9.17) is 15.6 Å². The molecule has 98 valence electrons. The molecule has 0 heterocycles. The Balaban J connectivity index is 2.49. The smallest absolute Gasteiger partial charge is 0.230 e. The number of carbonyl (C=O) groups is 1. The highest BCUT2D eigenvalue weighted by Crippen LogP contribution is 2.07. The Morgan fingerprint density at radius 2 is 2.00 bits per heavy atom. The van der Waals surface area contributed by atoms with Gasteiger partial charge >= 0.3 is 0 Å². The number of thiocarbonyl (C=S) groups is 1. The van der Waals surface area contributed by atoms with E-state index in [1.807, 2.05) is 24.3 Å². The van der Waals surface area contributed by atoms with Crippen LogP contribution in [0.25, 0.3) is 0 Å². The normalized spacial score (nSPS) is 11.9. The minimum Gasteiger partial charge on any atom is -0.376 e. The number of hydrogen-bond donors (Lipinski definition) is 3. The first-order chi connectivity index (χ1) is 8.47. The van der Waals surface area contributed by atoms with Crippen molar-refractivity contribution in [3.05, 3.63) is 35.4 Å². The second-order valence-electron chi connectivity index (χ2n) is 3.82. The second-order valence-corrected chi connectivity index (χ2v) is 4.26. The molecule has 0 bridgehead atoms. The first kappa shape index (κ1) is 14.6. The summed E-state index contributed by atoms with van der Waals surface area (Å²) < 4.78 is 5.04. The summed E-state index contributed by atoms with van der Waals surface area (Å²) in [7, 11) is 0. The van der Waals surface area contributed by atoms with E-state index in [0.29, 0.717) is 6.61 Å². The van der Waals surface area contributed by atoms with Crippen LogP contribution in [0.15, 0.2) is 24.3 Å². The summed E-state index contributed by atoms with van der Waals surface area (Å²) in [4.78, 5) is 11.4. The van der Waals surface area contributed by atoms with Crippen LogP contribution < -0.4 is 11.1 Å². The van der Waals surface area contributed by atoms with E-state index in [-0.39, 0.29) is 17.4 Å². The number of nitrogens with two attached hydrogens (primary N) is 1. The van der Waals surface area contributed by atoms with Crippen LogP contribution in [0.1, 0.15) is 18.1 Å². The lowest BCUT2D eigenvalue weighted by atomic mass is 10.1. The number of aliphatic hydroxyl groups is 1. The van der Waals surface area contributed by atoms with Crippen molar-refractivity contribution in [3.63, 3.8) is 0 Å². The SMILES string of the molecule is CC(O)OCc1ccc(CC(=O)NC(N)=S)cc1. The molecule has 0 spiro atoms. The maximum atomic E-state index is 11.4. The van der Waals surface area contributed by atoms with Crippen molar-refractivity contribution in [2.75, 3.05) is 0 Å². The van der Waals surface area contributed by atoms with E-state index < -0.39 is 6.29 Å². The monoisotopic (exact) mass is 268 g/mol. The molecule has 5 nitrogen and oxygen atoms in total. The van der Waals surface area contributed by atoms with Crippen molar-refractivity contribution in [1.29, 1.82) is 0 Å².